The Morgan fingerprint density at radius 1 is 1.17 bits per heavy atom. The van der Waals surface area contributed by atoms with Crippen molar-refractivity contribution in [2.24, 2.45) is 0 Å². The Morgan fingerprint density at radius 3 is 2.67 bits per heavy atom. The van der Waals surface area contributed by atoms with E-state index in [4.69, 9.17) is 4.74 Å². The maximum atomic E-state index is 11.7. The molecule has 2 amide bonds. The van der Waals surface area contributed by atoms with Crippen LogP contribution in [0.5, 0.6) is 5.75 Å². The Hall–Kier alpha value is -2.63. The van der Waals surface area contributed by atoms with E-state index in [1.165, 1.54) is 0 Å². The predicted molar refractivity (Wildman–Crippen MR) is 67.7 cm³/mol. The number of carbonyl (C=O) groups excluding carboxylic acids is 1. The van der Waals surface area contributed by atoms with E-state index in [2.05, 4.69) is 20.6 Å². The normalized spacial score (nSPS) is 9.61. The van der Waals surface area contributed by atoms with E-state index in [9.17, 15) is 4.79 Å². The lowest BCUT2D eigenvalue weighted by Gasteiger charge is -2.07. The Morgan fingerprint density at radius 2 is 1.94 bits per heavy atom. The lowest BCUT2D eigenvalue weighted by Crippen LogP contribution is -2.20. The summed E-state index contributed by atoms with van der Waals surface area (Å²) in [5.41, 5.74) is 0.658. The maximum Gasteiger partial charge on any atom is 0.324 e. The van der Waals surface area contributed by atoms with Crippen LogP contribution in [0, 0.1) is 0 Å². The molecule has 2 N–H and O–H groups in total. The van der Waals surface area contributed by atoms with Gasteiger partial charge in [-0.3, -0.25) is 10.3 Å². The first kappa shape index (κ1) is 11.8. The van der Waals surface area contributed by atoms with Crippen molar-refractivity contribution in [1.82, 2.24) is 9.97 Å². The molecule has 0 aliphatic rings. The van der Waals surface area contributed by atoms with Gasteiger partial charge in [-0.1, -0.05) is 0 Å². The molecule has 0 aliphatic carbocycles. The van der Waals surface area contributed by atoms with Crippen molar-refractivity contribution in [2.75, 3.05) is 17.7 Å². The third-order valence-electron chi connectivity index (χ3n) is 2.15. The molecule has 0 saturated heterocycles. The average Bonchev–Trinajstić information content (AvgIpc) is 2.40. The second-order valence-corrected chi connectivity index (χ2v) is 3.40. The third-order valence-corrected chi connectivity index (χ3v) is 2.15. The smallest absolute Gasteiger partial charge is 0.324 e. The van der Waals surface area contributed by atoms with Gasteiger partial charge in [-0.25, -0.2) is 9.78 Å². The Kier molecular flexibility index (Phi) is 3.70. The van der Waals surface area contributed by atoms with Gasteiger partial charge < -0.3 is 10.1 Å². The number of urea groups is 1. The topological polar surface area (TPSA) is 76.1 Å². The molecule has 0 fully saturated rings. The second kappa shape index (κ2) is 5.62. The first-order chi connectivity index (χ1) is 8.78. The second-order valence-electron chi connectivity index (χ2n) is 3.40. The number of anilines is 2. The van der Waals surface area contributed by atoms with Crippen LogP contribution in [0.3, 0.4) is 0 Å². The molecular weight excluding hydrogens is 232 g/mol. The van der Waals surface area contributed by atoms with Crippen LogP contribution in [0.25, 0.3) is 0 Å². The number of pyridine rings is 2. The van der Waals surface area contributed by atoms with Gasteiger partial charge in [-0.2, -0.15) is 0 Å². The average molecular weight is 244 g/mol. The van der Waals surface area contributed by atoms with Crippen LogP contribution < -0.4 is 15.4 Å². The molecule has 18 heavy (non-hydrogen) atoms. The van der Waals surface area contributed by atoms with E-state index < -0.39 is 0 Å². The lowest BCUT2D eigenvalue weighted by atomic mass is 10.4. The van der Waals surface area contributed by atoms with Crippen LogP contribution in [0.1, 0.15) is 0 Å². The highest BCUT2D eigenvalue weighted by atomic mass is 16.5. The predicted octanol–water partition coefficient (Wildman–Crippen LogP) is 2.13. The van der Waals surface area contributed by atoms with E-state index in [0.29, 0.717) is 17.3 Å². The Balaban J connectivity index is 1.99. The number of ether oxygens (including phenoxy) is 1. The Labute approximate surface area is 104 Å². The van der Waals surface area contributed by atoms with Gasteiger partial charge in [0.15, 0.2) is 0 Å². The summed E-state index contributed by atoms with van der Waals surface area (Å²) < 4.78 is 5.03. The summed E-state index contributed by atoms with van der Waals surface area (Å²) >= 11 is 0. The summed E-state index contributed by atoms with van der Waals surface area (Å²) in [7, 11) is 1.55. The SMILES string of the molecule is COc1ccnc(NC(=O)Nc2ccncc2)c1. The molecule has 6 nitrogen and oxygen atoms in total. The molecule has 0 saturated carbocycles. The van der Waals surface area contributed by atoms with Gasteiger partial charge in [0, 0.05) is 30.3 Å². The van der Waals surface area contributed by atoms with Gasteiger partial charge in [-0.05, 0) is 18.2 Å². The first-order valence-electron chi connectivity index (χ1n) is 5.26. The van der Waals surface area contributed by atoms with Crippen LogP contribution in [-0.2, 0) is 0 Å². The Bertz CT molecular complexity index is 531. The molecule has 0 bridgehead atoms. The third kappa shape index (κ3) is 3.18. The molecule has 0 unspecified atom stereocenters. The molecule has 0 aliphatic heterocycles. The zero-order chi connectivity index (χ0) is 12.8. The van der Waals surface area contributed by atoms with Crippen LogP contribution in [-0.4, -0.2) is 23.1 Å². The number of carbonyl (C=O) groups is 1. The molecule has 6 heteroatoms. The lowest BCUT2D eigenvalue weighted by molar-refractivity contribution is 0.262. The van der Waals surface area contributed by atoms with E-state index in [-0.39, 0.29) is 6.03 Å². The fourth-order valence-corrected chi connectivity index (χ4v) is 1.32. The summed E-state index contributed by atoms with van der Waals surface area (Å²) in [6.45, 7) is 0. The summed E-state index contributed by atoms with van der Waals surface area (Å²) in [6.07, 6.45) is 4.75. The largest absolute Gasteiger partial charge is 0.497 e. The van der Waals surface area contributed by atoms with Crippen LogP contribution in [0.4, 0.5) is 16.3 Å². The van der Waals surface area contributed by atoms with E-state index in [0.717, 1.165) is 0 Å². The molecule has 92 valence electrons. The van der Waals surface area contributed by atoms with Crippen molar-refractivity contribution in [1.29, 1.82) is 0 Å². The number of hydrogen-bond acceptors (Lipinski definition) is 4. The van der Waals surface area contributed by atoms with Crippen LogP contribution in [0.15, 0.2) is 42.9 Å². The number of aromatic nitrogens is 2. The zero-order valence-electron chi connectivity index (χ0n) is 9.75. The van der Waals surface area contributed by atoms with Gasteiger partial charge in [0.2, 0.25) is 0 Å². The van der Waals surface area contributed by atoms with Crippen molar-refractivity contribution in [3.05, 3.63) is 42.9 Å². The van der Waals surface area contributed by atoms with E-state index in [1.807, 2.05) is 0 Å². The monoisotopic (exact) mass is 244 g/mol. The summed E-state index contributed by atoms with van der Waals surface area (Å²) in [5.74, 6) is 1.05. The molecule has 2 heterocycles. The highest BCUT2D eigenvalue weighted by molar-refractivity contribution is 5.99. The summed E-state index contributed by atoms with van der Waals surface area (Å²) in [6, 6.07) is 6.34. The number of nitrogens with one attached hydrogen (secondary N) is 2. The molecule has 2 aromatic rings. The van der Waals surface area contributed by atoms with E-state index >= 15 is 0 Å². The number of nitrogens with zero attached hydrogens (tertiary/aromatic N) is 2. The zero-order valence-corrected chi connectivity index (χ0v) is 9.75. The minimum absolute atomic E-state index is 0.373. The molecule has 0 spiro atoms. The summed E-state index contributed by atoms with van der Waals surface area (Å²) in [4.78, 5) is 19.5. The first-order valence-corrected chi connectivity index (χ1v) is 5.26. The number of rotatable bonds is 3. The summed E-state index contributed by atoms with van der Waals surface area (Å²) in [5, 5.41) is 5.26. The number of hydrogen-bond donors (Lipinski definition) is 2. The highest BCUT2D eigenvalue weighted by Crippen LogP contribution is 2.14. The standard InChI is InChI=1S/C12H12N4O2/c1-18-10-4-7-14-11(8-10)16-12(17)15-9-2-5-13-6-3-9/h2-8H,1H3,(H2,13,14,15,16,17). The van der Waals surface area contributed by atoms with E-state index in [1.54, 1.807) is 50.0 Å². The quantitative estimate of drug-likeness (QED) is 0.867. The van der Waals surface area contributed by atoms with Crippen LogP contribution in [0.2, 0.25) is 0 Å². The van der Waals surface area contributed by atoms with Crippen molar-refractivity contribution in [2.45, 2.75) is 0 Å². The van der Waals surface area contributed by atoms with Gasteiger partial charge in [-0.15, -0.1) is 0 Å². The van der Waals surface area contributed by atoms with Gasteiger partial charge in [0.1, 0.15) is 11.6 Å². The van der Waals surface area contributed by atoms with Crippen LogP contribution >= 0.6 is 0 Å². The minimum atomic E-state index is -0.373. The number of methoxy groups -OCH3 is 1. The minimum Gasteiger partial charge on any atom is -0.497 e. The fraction of sp³-hybridized carbons (Fsp3) is 0.0833. The van der Waals surface area contributed by atoms with Gasteiger partial charge in [0.05, 0.1) is 7.11 Å². The maximum absolute atomic E-state index is 11.7. The molecule has 0 aromatic carbocycles. The van der Waals surface area contributed by atoms with Crippen molar-refractivity contribution < 1.29 is 9.53 Å². The molecule has 0 radical (unpaired) electrons. The van der Waals surface area contributed by atoms with Gasteiger partial charge in [0.25, 0.3) is 0 Å². The molecule has 2 aromatic heterocycles. The molecule has 2 rings (SSSR count). The molecule has 0 atom stereocenters. The van der Waals surface area contributed by atoms with Gasteiger partial charge >= 0.3 is 6.03 Å². The van der Waals surface area contributed by atoms with Crippen molar-refractivity contribution >= 4 is 17.5 Å². The molecular formula is C12H12N4O2. The van der Waals surface area contributed by atoms with Crippen molar-refractivity contribution in [3.8, 4) is 5.75 Å². The fourth-order valence-electron chi connectivity index (χ4n) is 1.32. The van der Waals surface area contributed by atoms with Crippen molar-refractivity contribution in [3.63, 3.8) is 0 Å². The highest BCUT2D eigenvalue weighted by Gasteiger charge is 2.04. The number of amides is 2.